The average molecular weight is 358 g/mol. The van der Waals surface area contributed by atoms with Gasteiger partial charge in [-0.05, 0) is 66.6 Å². The molecular weight excluding hydrogens is 340 g/mol. The molecule has 128 valence electrons. The van der Waals surface area contributed by atoms with Gasteiger partial charge in [-0.15, -0.1) is 11.3 Å². The molecule has 1 aliphatic rings. The monoisotopic (exact) mass is 358 g/mol. The normalized spacial score (nSPS) is 13.1. The summed E-state index contributed by atoms with van der Waals surface area (Å²) in [5.74, 6) is 0.927. The SMILES string of the molecule is c1cc(Cc2ccc(Nc3ncnc4sc5c(c34)CCC5)cc2)ccn1. The van der Waals surface area contributed by atoms with Crippen molar-refractivity contribution in [3.8, 4) is 0 Å². The molecule has 4 nitrogen and oxygen atoms in total. The lowest BCUT2D eigenvalue weighted by atomic mass is 10.1. The molecule has 0 amide bonds. The molecule has 3 heterocycles. The highest BCUT2D eigenvalue weighted by atomic mass is 32.1. The number of anilines is 2. The van der Waals surface area contributed by atoms with Crippen LogP contribution in [0.4, 0.5) is 11.5 Å². The number of nitrogens with one attached hydrogen (secondary N) is 1. The molecule has 0 fully saturated rings. The summed E-state index contributed by atoms with van der Waals surface area (Å²) >= 11 is 1.82. The lowest BCUT2D eigenvalue weighted by Crippen LogP contribution is -1.96. The summed E-state index contributed by atoms with van der Waals surface area (Å²) in [4.78, 5) is 15.6. The highest BCUT2D eigenvalue weighted by molar-refractivity contribution is 7.19. The standard InChI is InChI=1S/C21H18N4S/c1-2-17-18(3-1)26-21-19(17)20(23-13-24-21)25-16-6-4-14(5-7-16)12-15-8-10-22-11-9-15/h4-11,13H,1-3,12H2,(H,23,24,25). The molecule has 0 radical (unpaired) electrons. The Kier molecular flexibility index (Phi) is 3.87. The quantitative estimate of drug-likeness (QED) is 0.563. The Morgan fingerprint density at radius 3 is 2.58 bits per heavy atom. The van der Waals surface area contributed by atoms with Crippen LogP contribution in [0.25, 0.3) is 10.2 Å². The van der Waals surface area contributed by atoms with E-state index in [4.69, 9.17) is 0 Å². The highest BCUT2D eigenvalue weighted by Crippen LogP contribution is 2.39. The van der Waals surface area contributed by atoms with E-state index < -0.39 is 0 Å². The number of nitrogens with zero attached hydrogens (tertiary/aromatic N) is 3. The predicted octanol–water partition coefficient (Wildman–Crippen LogP) is 4.91. The van der Waals surface area contributed by atoms with Crippen LogP contribution in [0.2, 0.25) is 0 Å². The lowest BCUT2D eigenvalue weighted by molar-refractivity contribution is 0.917. The first-order valence-electron chi connectivity index (χ1n) is 8.87. The third-order valence-corrected chi connectivity index (χ3v) is 6.08. The average Bonchev–Trinajstić information content (AvgIpc) is 3.25. The van der Waals surface area contributed by atoms with E-state index in [1.165, 1.54) is 39.8 Å². The first-order chi connectivity index (χ1) is 12.9. The Balaban J connectivity index is 1.41. The molecule has 5 rings (SSSR count). The van der Waals surface area contributed by atoms with E-state index in [0.29, 0.717) is 0 Å². The molecule has 26 heavy (non-hydrogen) atoms. The Morgan fingerprint density at radius 1 is 0.923 bits per heavy atom. The van der Waals surface area contributed by atoms with Crippen LogP contribution in [0.1, 0.15) is 28.0 Å². The van der Waals surface area contributed by atoms with Gasteiger partial charge in [0, 0.05) is 23.0 Å². The number of benzene rings is 1. The lowest BCUT2D eigenvalue weighted by Gasteiger charge is -2.09. The molecule has 1 N–H and O–H groups in total. The van der Waals surface area contributed by atoms with Crippen molar-refractivity contribution in [1.29, 1.82) is 0 Å². The van der Waals surface area contributed by atoms with E-state index in [1.54, 1.807) is 6.33 Å². The maximum atomic E-state index is 4.52. The zero-order valence-corrected chi connectivity index (χ0v) is 15.1. The van der Waals surface area contributed by atoms with Gasteiger partial charge in [0.2, 0.25) is 0 Å². The summed E-state index contributed by atoms with van der Waals surface area (Å²) in [5, 5.41) is 4.71. The molecule has 0 aliphatic heterocycles. The summed E-state index contributed by atoms with van der Waals surface area (Å²) < 4.78 is 0. The molecule has 0 saturated heterocycles. The predicted molar refractivity (Wildman–Crippen MR) is 106 cm³/mol. The van der Waals surface area contributed by atoms with Gasteiger partial charge in [-0.2, -0.15) is 0 Å². The highest BCUT2D eigenvalue weighted by Gasteiger charge is 2.21. The van der Waals surface area contributed by atoms with Gasteiger partial charge < -0.3 is 5.32 Å². The number of hydrogen-bond acceptors (Lipinski definition) is 5. The molecule has 3 aromatic heterocycles. The third kappa shape index (κ3) is 2.84. The van der Waals surface area contributed by atoms with E-state index in [1.807, 2.05) is 23.7 Å². The number of aromatic nitrogens is 3. The number of aryl methyl sites for hydroxylation is 2. The van der Waals surface area contributed by atoms with E-state index >= 15 is 0 Å². The molecule has 0 saturated carbocycles. The van der Waals surface area contributed by atoms with Crippen LogP contribution in [0.5, 0.6) is 0 Å². The summed E-state index contributed by atoms with van der Waals surface area (Å²) in [6.07, 6.45) is 9.82. The molecule has 5 heteroatoms. The van der Waals surface area contributed by atoms with Gasteiger partial charge in [0.05, 0.1) is 5.39 Å². The van der Waals surface area contributed by atoms with Gasteiger partial charge in [-0.25, -0.2) is 9.97 Å². The van der Waals surface area contributed by atoms with Crippen molar-refractivity contribution in [1.82, 2.24) is 15.0 Å². The maximum Gasteiger partial charge on any atom is 0.142 e. The van der Waals surface area contributed by atoms with Gasteiger partial charge in [0.15, 0.2) is 0 Å². The largest absolute Gasteiger partial charge is 0.340 e. The second-order valence-corrected chi connectivity index (χ2v) is 7.70. The molecule has 4 aromatic rings. The van der Waals surface area contributed by atoms with Gasteiger partial charge in [0.1, 0.15) is 17.0 Å². The minimum atomic E-state index is 0.915. The summed E-state index contributed by atoms with van der Waals surface area (Å²) in [7, 11) is 0. The number of hydrogen-bond donors (Lipinski definition) is 1. The topological polar surface area (TPSA) is 50.7 Å². The van der Waals surface area contributed by atoms with Crippen molar-refractivity contribution in [2.75, 3.05) is 5.32 Å². The van der Waals surface area contributed by atoms with E-state index in [0.717, 1.165) is 29.2 Å². The molecule has 0 bridgehead atoms. The van der Waals surface area contributed by atoms with Crippen molar-refractivity contribution in [3.05, 3.63) is 76.7 Å². The summed E-state index contributed by atoms with van der Waals surface area (Å²) in [5.41, 5.74) is 5.06. The first-order valence-corrected chi connectivity index (χ1v) is 9.68. The van der Waals surface area contributed by atoms with Gasteiger partial charge in [-0.3, -0.25) is 4.98 Å². The second-order valence-electron chi connectivity index (χ2n) is 6.61. The van der Waals surface area contributed by atoms with Crippen LogP contribution in [0.3, 0.4) is 0 Å². The molecule has 0 atom stereocenters. The Hall–Kier alpha value is -2.79. The van der Waals surface area contributed by atoms with Crippen molar-refractivity contribution in [2.45, 2.75) is 25.7 Å². The number of fused-ring (bicyclic) bond motifs is 3. The second kappa shape index (κ2) is 6.50. The number of rotatable bonds is 4. The Morgan fingerprint density at radius 2 is 1.73 bits per heavy atom. The Labute approximate surface area is 156 Å². The maximum absolute atomic E-state index is 4.52. The number of pyridine rings is 1. The summed E-state index contributed by atoms with van der Waals surface area (Å²) in [6.45, 7) is 0. The Bertz CT molecular complexity index is 1050. The van der Waals surface area contributed by atoms with Crippen LogP contribution < -0.4 is 5.32 Å². The summed E-state index contributed by atoms with van der Waals surface area (Å²) in [6, 6.07) is 12.7. The van der Waals surface area contributed by atoms with Crippen molar-refractivity contribution in [3.63, 3.8) is 0 Å². The molecule has 1 aliphatic carbocycles. The fourth-order valence-corrected chi connectivity index (χ4v) is 4.83. The van der Waals surface area contributed by atoms with Crippen molar-refractivity contribution < 1.29 is 0 Å². The fraction of sp³-hybridized carbons (Fsp3) is 0.190. The van der Waals surface area contributed by atoms with Crippen LogP contribution in [0, 0.1) is 0 Å². The van der Waals surface area contributed by atoms with Crippen molar-refractivity contribution >= 4 is 33.1 Å². The molecule has 0 spiro atoms. The van der Waals surface area contributed by atoms with Crippen LogP contribution >= 0.6 is 11.3 Å². The third-order valence-electron chi connectivity index (χ3n) is 4.88. The van der Waals surface area contributed by atoms with Crippen LogP contribution in [-0.2, 0) is 19.3 Å². The van der Waals surface area contributed by atoms with E-state index in [2.05, 4.69) is 56.7 Å². The molecule has 1 aromatic carbocycles. The van der Waals surface area contributed by atoms with E-state index in [-0.39, 0.29) is 0 Å². The van der Waals surface area contributed by atoms with Gasteiger partial charge in [-0.1, -0.05) is 12.1 Å². The van der Waals surface area contributed by atoms with Crippen molar-refractivity contribution in [2.24, 2.45) is 0 Å². The minimum absolute atomic E-state index is 0.915. The molecular formula is C21H18N4S. The van der Waals surface area contributed by atoms with Gasteiger partial charge in [0.25, 0.3) is 0 Å². The van der Waals surface area contributed by atoms with Crippen LogP contribution in [0.15, 0.2) is 55.1 Å². The minimum Gasteiger partial charge on any atom is -0.340 e. The molecule has 0 unspecified atom stereocenters. The first kappa shape index (κ1) is 15.5. The smallest absolute Gasteiger partial charge is 0.142 e. The van der Waals surface area contributed by atoms with E-state index in [9.17, 15) is 0 Å². The van der Waals surface area contributed by atoms with Crippen LogP contribution in [-0.4, -0.2) is 15.0 Å². The number of thiophene rings is 1. The van der Waals surface area contributed by atoms with Gasteiger partial charge >= 0.3 is 0 Å². The fourth-order valence-electron chi connectivity index (χ4n) is 3.60. The zero-order chi connectivity index (χ0) is 17.3. The zero-order valence-electron chi connectivity index (χ0n) is 14.3.